The van der Waals surface area contributed by atoms with Crippen molar-refractivity contribution in [3.8, 4) is 0 Å². The molecule has 1 atom stereocenters. The molecule has 2 aromatic carbocycles. The summed E-state index contributed by atoms with van der Waals surface area (Å²) in [4.78, 5) is 38.8. The van der Waals surface area contributed by atoms with Crippen LogP contribution in [0.2, 0.25) is 0 Å². The summed E-state index contributed by atoms with van der Waals surface area (Å²) in [6.45, 7) is 4.56. The van der Waals surface area contributed by atoms with Crippen molar-refractivity contribution in [2.24, 2.45) is 5.92 Å². The Labute approximate surface area is 177 Å². The summed E-state index contributed by atoms with van der Waals surface area (Å²) >= 11 is 0. The molecule has 6 nitrogen and oxygen atoms in total. The molecule has 1 heterocycles. The Morgan fingerprint density at radius 1 is 1.00 bits per heavy atom. The van der Waals surface area contributed by atoms with Crippen molar-refractivity contribution in [1.29, 1.82) is 0 Å². The fraction of sp³-hybridized carbons (Fsp3) is 0.375. The first-order valence-corrected chi connectivity index (χ1v) is 10.4. The van der Waals surface area contributed by atoms with Gasteiger partial charge in [-0.3, -0.25) is 14.4 Å². The molecule has 0 spiro atoms. The number of carbonyl (C=O) groups excluding carboxylic acids is 3. The molecule has 0 radical (unpaired) electrons. The van der Waals surface area contributed by atoms with E-state index in [2.05, 4.69) is 10.6 Å². The number of aryl methyl sites for hydroxylation is 1. The van der Waals surface area contributed by atoms with Crippen LogP contribution < -0.4 is 10.6 Å². The second kappa shape index (κ2) is 10.1. The fourth-order valence-corrected chi connectivity index (χ4v) is 3.76. The number of benzene rings is 2. The van der Waals surface area contributed by atoms with Gasteiger partial charge in [-0.05, 0) is 37.5 Å². The van der Waals surface area contributed by atoms with Gasteiger partial charge in [-0.2, -0.15) is 0 Å². The minimum absolute atomic E-state index is 0.00348. The van der Waals surface area contributed by atoms with Crippen molar-refractivity contribution in [2.45, 2.75) is 39.2 Å². The Morgan fingerprint density at radius 3 is 2.23 bits per heavy atom. The maximum Gasteiger partial charge on any atom is 0.227 e. The smallest absolute Gasteiger partial charge is 0.227 e. The Morgan fingerprint density at radius 2 is 1.63 bits per heavy atom. The van der Waals surface area contributed by atoms with Gasteiger partial charge < -0.3 is 15.5 Å². The van der Waals surface area contributed by atoms with Gasteiger partial charge in [0, 0.05) is 31.6 Å². The first-order valence-electron chi connectivity index (χ1n) is 10.4. The number of nitrogens with zero attached hydrogens (tertiary/aromatic N) is 1. The summed E-state index contributed by atoms with van der Waals surface area (Å²) < 4.78 is 0. The standard InChI is InChI=1S/C24H29N3O3/c1-17-8-10-19(11-9-17)22(25-18(2)28)16-23(29)27-14-12-20(13-15-27)24(30)26-21-6-4-3-5-7-21/h3-11,20,22H,12-16H2,1-2H3,(H,25,28)(H,26,30)/t22-/m0/s1. The van der Waals surface area contributed by atoms with Gasteiger partial charge in [0.2, 0.25) is 17.7 Å². The quantitative estimate of drug-likeness (QED) is 0.770. The van der Waals surface area contributed by atoms with Gasteiger partial charge in [-0.15, -0.1) is 0 Å². The van der Waals surface area contributed by atoms with E-state index in [4.69, 9.17) is 0 Å². The van der Waals surface area contributed by atoms with Crippen LogP contribution in [0.1, 0.15) is 43.4 Å². The molecule has 0 aromatic heterocycles. The van der Waals surface area contributed by atoms with Crippen LogP contribution in [-0.4, -0.2) is 35.7 Å². The summed E-state index contributed by atoms with van der Waals surface area (Å²) in [5, 5.41) is 5.84. The fourth-order valence-electron chi connectivity index (χ4n) is 3.76. The molecule has 0 unspecified atom stereocenters. The van der Waals surface area contributed by atoms with Crippen molar-refractivity contribution in [3.05, 3.63) is 65.7 Å². The van der Waals surface area contributed by atoms with Crippen LogP contribution in [0.3, 0.4) is 0 Å². The summed E-state index contributed by atoms with van der Waals surface area (Å²) in [6, 6.07) is 16.9. The highest BCUT2D eigenvalue weighted by molar-refractivity contribution is 5.92. The van der Waals surface area contributed by atoms with Crippen molar-refractivity contribution in [1.82, 2.24) is 10.2 Å². The molecule has 6 heteroatoms. The zero-order valence-electron chi connectivity index (χ0n) is 17.6. The molecule has 3 rings (SSSR count). The minimum atomic E-state index is -0.352. The molecular weight excluding hydrogens is 378 g/mol. The lowest BCUT2D eigenvalue weighted by molar-refractivity contribution is -0.135. The number of carbonyl (C=O) groups is 3. The molecule has 0 bridgehead atoms. The van der Waals surface area contributed by atoms with Crippen molar-refractivity contribution in [2.75, 3.05) is 18.4 Å². The molecule has 2 aromatic rings. The average Bonchev–Trinajstić information content (AvgIpc) is 2.74. The van der Waals surface area contributed by atoms with E-state index < -0.39 is 0 Å². The summed E-state index contributed by atoms with van der Waals surface area (Å²) in [7, 11) is 0. The van der Waals surface area contributed by atoms with Gasteiger partial charge in [0.1, 0.15) is 0 Å². The normalized spacial score (nSPS) is 15.3. The number of piperidine rings is 1. The van der Waals surface area contributed by atoms with Crippen LogP contribution in [0.5, 0.6) is 0 Å². The number of para-hydroxylation sites is 1. The summed E-state index contributed by atoms with van der Waals surface area (Å²) in [5.41, 5.74) is 2.83. The average molecular weight is 408 g/mol. The lowest BCUT2D eigenvalue weighted by Gasteiger charge is -2.32. The molecule has 1 saturated heterocycles. The van der Waals surface area contributed by atoms with Crippen LogP contribution in [0, 0.1) is 12.8 Å². The number of hydrogen-bond donors (Lipinski definition) is 2. The summed E-state index contributed by atoms with van der Waals surface area (Å²) in [6.07, 6.45) is 1.49. The zero-order chi connectivity index (χ0) is 21.5. The van der Waals surface area contributed by atoms with E-state index in [1.165, 1.54) is 6.92 Å². The highest BCUT2D eigenvalue weighted by atomic mass is 16.2. The second-order valence-electron chi connectivity index (χ2n) is 7.88. The van der Waals surface area contributed by atoms with Gasteiger partial charge >= 0.3 is 0 Å². The van der Waals surface area contributed by atoms with E-state index in [-0.39, 0.29) is 36.1 Å². The minimum Gasteiger partial charge on any atom is -0.349 e. The maximum absolute atomic E-state index is 12.9. The van der Waals surface area contributed by atoms with Gasteiger partial charge in [-0.25, -0.2) is 0 Å². The van der Waals surface area contributed by atoms with E-state index in [1.807, 2.05) is 61.5 Å². The van der Waals surface area contributed by atoms with E-state index in [9.17, 15) is 14.4 Å². The Hall–Kier alpha value is -3.15. The predicted octanol–water partition coefficient (Wildman–Crippen LogP) is 3.44. The molecule has 3 amide bonds. The lowest BCUT2D eigenvalue weighted by atomic mass is 9.94. The van der Waals surface area contributed by atoms with Crippen LogP contribution in [0.4, 0.5) is 5.69 Å². The first kappa shape index (κ1) is 21.6. The lowest BCUT2D eigenvalue weighted by Crippen LogP contribution is -2.43. The van der Waals surface area contributed by atoms with Crippen LogP contribution in [0.25, 0.3) is 0 Å². The predicted molar refractivity (Wildman–Crippen MR) is 117 cm³/mol. The van der Waals surface area contributed by atoms with E-state index in [0.717, 1.165) is 16.8 Å². The molecular formula is C24H29N3O3. The third kappa shape index (κ3) is 5.92. The maximum atomic E-state index is 12.9. The SMILES string of the molecule is CC(=O)N[C@@H](CC(=O)N1CCC(C(=O)Nc2ccccc2)CC1)c1ccc(C)cc1. The first-order chi connectivity index (χ1) is 14.4. The molecule has 0 aliphatic carbocycles. The highest BCUT2D eigenvalue weighted by Crippen LogP contribution is 2.23. The molecule has 1 fully saturated rings. The molecule has 0 saturated carbocycles. The van der Waals surface area contributed by atoms with Crippen LogP contribution >= 0.6 is 0 Å². The zero-order valence-corrected chi connectivity index (χ0v) is 17.6. The monoisotopic (exact) mass is 407 g/mol. The Bertz CT molecular complexity index is 872. The number of hydrogen-bond acceptors (Lipinski definition) is 3. The molecule has 30 heavy (non-hydrogen) atoms. The van der Waals surface area contributed by atoms with Crippen molar-refractivity contribution >= 4 is 23.4 Å². The highest BCUT2D eigenvalue weighted by Gasteiger charge is 2.29. The molecule has 1 aliphatic rings. The molecule has 1 aliphatic heterocycles. The molecule has 2 N–H and O–H groups in total. The van der Waals surface area contributed by atoms with Gasteiger partial charge in [0.05, 0.1) is 12.5 Å². The van der Waals surface area contributed by atoms with Crippen LogP contribution in [-0.2, 0) is 14.4 Å². The van der Waals surface area contributed by atoms with Crippen molar-refractivity contribution in [3.63, 3.8) is 0 Å². The molecule has 158 valence electrons. The van der Waals surface area contributed by atoms with E-state index >= 15 is 0 Å². The number of nitrogens with one attached hydrogen (secondary N) is 2. The third-order valence-electron chi connectivity index (χ3n) is 5.50. The number of rotatable bonds is 6. The number of likely N-dealkylation sites (tertiary alicyclic amines) is 1. The van der Waals surface area contributed by atoms with Gasteiger partial charge in [0.15, 0.2) is 0 Å². The third-order valence-corrected chi connectivity index (χ3v) is 5.50. The van der Waals surface area contributed by atoms with Gasteiger partial charge in [0.25, 0.3) is 0 Å². The Kier molecular flexibility index (Phi) is 7.22. The van der Waals surface area contributed by atoms with Gasteiger partial charge in [-0.1, -0.05) is 48.0 Å². The Balaban J connectivity index is 1.55. The van der Waals surface area contributed by atoms with Crippen LogP contribution in [0.15, 0.2) is 54.6 Å². The second-order valence-corrected chi connectivity index (χ2v) is 7.88. The topological polar surface area (TPSA) is 78.5 Å². The largest absolute Gasteiger partial charge is 0.349 e. The van der Waals surface area contributed by atoms with E-state index in [0.29, 0.717) is 25.9 Å². The number of amides is 3. The van der Waals surface area contributed by atoms with Crippen molar-refractivity contribution < 1.29 is 14.4 Å². The summed E-state index contributed by atoms with van der Waals surface area (Å²) in [5.74, 6) is -0.262. The number of anilines is 1. The van der Waals surface area contributed by atoms with E-state index in [1.54, 1.807) is 4.90 Å².